The van der Waals surface area contributed by atoms with Gasteiger partial charge in [-0.3, -0.25) is 4.90 Å². The molecule has 0 spiro atoms. The van der Waals surface area contributed by atoms with Gasteiger partial charge in [-0.05, 0) is 37.1 Å². The lowest BCUT2D eigenvalue weighted by Crippen LogP contribution is -2.43. The standard InChI is InChI=1S/C17H28N2O/c1-3-19(13-17-6-4-5-11-18-17)12-15-7-9-16(10-8-15)14-20-2/h7-10,17-18H,3-6,11-14H2,1-2H3. The van der Waals surface area contributed by atoms with E-state index in [1.54, 1.807) is 7.11 Å². The third-order valence-electron chi connectivity index (χ3n) is 4.08. The van der Waals surface area contributed by atoms with Gasteiger partial charge in [0.05, 0.1) is 6.61 Å². The summed E-state index contributed by atoms with van der Waals surface area (Å²) in [5.74, 6) is 0. The molecule has 20 heavy (non-hydrogen) atoms. The number of methoxy groups -OCH3 is 1. The van der Waals surface area contributed by atoms with Gasteiger partial charge < -0.3 is 10.1 Å². The maximum atomic E-state index is 5.15. The summed E-state index contributed by atoms with van der Waals surface area (Å²) in [6.45, 7) is 7.45. The van der Waals surface area contributed by atoms with Crippen molar-refractivity contribution < 1.29 is 4.74 Å². The van der Waals surface area contributed by atoms with Crippen molar-refractivity contribution in [2.75, 3.05) is 26.7 Å². The highest BCUT2D eigenvalue weighted by Gasteiger charge is 2.15. The molecule has 2 rings (SSSR count). The van der Waals surface area contributed by atoms with Gasteiger partial charge in [0.1, 0.15) is 0 Å². The first-order valence-electron chi connectivity index (χ1n) is 7.84. The fourth-order valence-corrected chi connectivity index (χ4v) is 2.86. The van der Waals surface area contributed by atoms with E-state index in [2.05, 4.69) is 41.4 Å². The van der Waals surface area contributed by atoms with Crippen LogP contribution in [0.5, 0.6) is 0 Å². The Hall–Kier alpha value is -0.900. The predicted molar refractivity (Wildman–Crippen MR) is 83.7 cm³/mol. The van der Waals surface area contributed by atoms with Crippen molar-refractivity contribution in [1.82, 2.24) is 10.2 Å². The van der Waals surface area contributed by atoms with Gasteiger partial charge in [0.15, 0.2) is 0 Å². The van der Waals surface area contributed by atoms with Gasteiger partial charge in [0, 0.05) is 26.2 Å². The van der Waals surface area contributed by atoms with E-state index in [-0.39, 0.29) is 0 Å². The van der Waals surface area contributed by atoms with Crippen LogP contribution in [0.25, 0.3) is 0 Å². The smallest absolute Gasteiger partial charge is 0.0713 e. The van der Waals surface area contributed by atoms with Crippen molar-refractivity contribution in [3.63, 3.8) is 0 Å². The van der Waals surface area contributed by atoms with Crippen LogP contribution in [0.1, 0.15) is 37.3 Å². The largest absolute Gasteiger partial charge is 0.380 e. The van der Waals surface area contributed by atoms with Gasteiger partial charge in [-0.15, -0.1) is 0 Å². The molecule has 1 saturated heterocycles. The van der Waals surface area contributed by atoms with E-state index in [4.69, 9.17) is 4.74 Å². The average molecular weight is 276 g/mol. The first kappa shape index (κ1) is 15.5. The second kappa shape index (κ2) is 8.40. The molecule has 0 saturated carbocycles. The first-order chi connectivity index (χ1) is 9.81. The fraction of sp³-hybridized carbons (Fsp3) is 0.647. The lowest BCUT2D eigenvalue weighted by atomic mass is 10.0. The number of likely N-dealkylation sites (N-methyl/N-ethyl adjacent to an activating group) is 1. The Morgan fingerprint density at radius 3 is 2.55 bits per heavy atom. The van der Waals surface area contributed by atoms with Crippen LogP contribution in [0.3, 0.4) is 0 Å². The summed E-state index contributed by atoms with van der Waals surface area (Å²) in [5, 5.41) is 3.64. The molecule has 0 aromatic heterocycles. The summed E-state index contributed by atoms with van der Waals surface area (Å²) in [6.07, 6.45) is 4.04. The third-order valence-corrected chi connectivity index (χ3v) is 4.08. The van der Waals surface area contributed by atoms with Crippen molar-refractivity contribution in [3.8, 4) is 0 Å². The molecule has 1 unspecified atom stereocenters. The van der Waals surface area contributed by atoms with Crippen LogP contribution in [-0.2, 0) is 17.9 Å². The molecule has 3 nitrogen and oxygen atoms in total. The zero-order chi connectivity index (χ0) is 14.2. The number of hydrogen-bond donors (Lipinski definition) is 1. The van der Waals surface area contributed by atoms with Crippen LogP contribution in [0.4, 0.5) is 0 Å². The number of rotatable bonds is 7. The van der Waals surface area contributed by atoms with Crippen molar-refractivity contribution in [2.45, 2.75) is 45.4 Å². The van der Waals surface area contributed by atoms with E-state index in [0.29, 0.717) is 12.6 Å². The third kappa shape index (κ3) is 4.89. The van der Waals surface area contributed by atoms with Gasteiger partial charge in [-0.1, -0.05) is 37.6 Å². The molecule has 0 aliphatic carbocycles. The van der Waals surface area contributed by atoms with Crippen molar-refractivity contribution in [3.05, 3.63) is 35.4 Å². The predicted octanol–water partition coefficient (Wildman–Crippen LogP) is 2.80. The molecule has 1 aliphatic rings. The molecule has 0 bridgehead atoms. The van der Waals surface area contributed by atoms with Crippen molar-refractivity contribution in [1.29, 1.82) is 0 Å². The Morgan fingerprint density at radius 2 is 1.95 bits per heavy atom. The Balaban J connectivity index is 1.85. The summed E-state index contributed by atoms with van der Waals surface area (Å²) >= 11 is 0. The topological polar surface area (TPSA) is 24.5 Å². The first-order valence-corrected chi connectivity index (χ1v) is 7.84. The normalized spacial score (nSPS) is 19.4. The second-order valence-corrected chi connectivity index (χ2v) is 5.72. The van der Waals surface area contributed by atoms with E-state index in [1.165, 1.54) is 36.9 Å². The van der Waals surface area contributed by atoms with Crippen LogP contribution >= 0.6 is 0 Å². The fourth-order valence-electron chi connectivity index (χ4n) is 2.86. The molecule has 0 amide bonds. The zero-order valence-electron chi connectivity index (χ0n) is 12.9. The quantitative estimate of drug-likeness (QED) is 0.829. The molecule has 1 N–H and O–H groups in total. The maximum absolute atomic E-state index is 5.15. The summed E-state index contributed by atoms with van der Waals surface area (Å²) < 4.78 is 5.15. The molecular formula is C17H28N2O. The molecule has 0 radical (unpaired) electrons. The Labute approximate surface area is 123 Å². The molecule has 1 atom stereocenters. The molecule has 3 heteroatoms. The summed E-state index contributed by atoms with van der Waals surface area (Å²) in [6, 6.07) is 9.48. The molecule has 1 fully saturated rings. The van der Waals surface area contributed by atoms with E-state index in [1.807, 2.05) is 0 Å². The zero-order valence-corrected chi connectivity index (χ0v) is 12.9. The van der Waals surface area contributed by atoms with E-state index < -0.39 is 0 Å². The number of hydrogen-bond acceptors (Lipinski definition) is 3. The second-order valence-electron chi connectivity index (χ2n) is 5.72. The highest BCUT2D eigenvalue weighted by Crippen LogP contribution is 2.12. The minimum atomic E-state index is 0.677. The Kier molecular flexibility index (Phi) is 6.51. The highest BCUT2D eigenvalue weighted by atomic mass is 16.5. The van der Waals surface area contributed by atoms with Crippen LogP contribution < -0.4 is 5.32 Å². The van der Waals surface area contributed by atoms with Gasteiger partial charge >= 0.3 is 0 Å². The lowest BCUT2D eigenvalue weighted by Gasteiger charge is -2.30. The van der Waals surface area contributed by atoms with Gasteiger partial charge in [0.25, 0.3) is 0 Å². The van der Waals surface area contributed by atoms with Crippen LogP contribution in [-0.4, -0.2) is 37.7 Å². The summed E-state index contributed by atoms with van der Waals surface area (Å²) in [7, 11) is 1.74. The average Bonchev–Trinajstić information content (AvgIpc) is 2.50. The Morgan fingerprint density at radius 1 is 1.20 bits per heavy atom. The van der Waals surface area contributed by atoms with Crippen LogP contribution in [0.15, 0.2) is 24.3 Å². The van der Waals surface area contributed by atoms with Gasteiger partial charge in [-0.2, -0.15) is 0 Å². The molecule has 1 aromatic carbocycles. The van der Waals surface area contributed by atoms with Gasteiger partial charge in [0.2, 0.25) is 0 Å². The number of piperidine rings is 1. The highest BCUT2D eigenvalue weighted by molar-refractivity contribution is 5.22. The minimum absolute atomic E-state index is 0.677. The summed E-state index contributed by atoms with van der Waals surface area (Å²) in [4.78, 5) is 2.54. The maximum Gasteiger partial charge on any atom is 0.0713 e. The molecule has 1 aromatic rings. The number of benzene rings is 1. The molecule has 112 valence electrons. The van der Waals surface area contributed by atoms with Crippen molar-refractivity contribution >= 4 is 0 Å². The molecule has 1 aliphatic heterocycles. The van der Waals surface area contributed by atoms with Crippen LogP contribution in [0.2, 0.25) is 0 Å². The lowest BCUT2D eigenvalue weighted by molar-refractivity contribution is 0.185. The van der Waals surface area contributed by atoms with Crippen LogP contribution in [0, 0.1) is 0 Å². The van der Waals surface area contributed by atoms with E-state index in [9.17, 15) is 0 Å². The Bertz CT molecular complexity index is 371. The minimum Gasteiger partial charge on any atom is -0.380 e. The van der Waals surface area contributed by atoms with Crippen molar-refractivity contribution in [2.24, 2.45) is 0 Å². The SMILES string of the molecule is CCN(Cc1ccc(COC)cc1)CC1CCCCN1. The van der Waals surface area contributed by atoms with E-state index >= 15 is 0 Å². The number of ether oxygens (including phenoxy) is 1. The van der Waals surface area contributed by atoms with Gasteiger partial charge in [-0.25, -0.2) is 0 Å². The summed E-state index contributed by atoms with van der Waals surface area (Å²) in [5.41, 5.74) is 2.63. The number of nitrogens with zero attached hydrogens (tertiary/aromatic N) is 1. The molecular weight excluding hydrogens is 248 g/mol. The monoisotopic (exact) mass is 276 g/mol. The molecule has 1 heterocycles. The van der Waals surface area contributed by atoms with E-state index in [0.717, 1.165) is 19.6 Å². The number of nitrogens with one attached hydrogen (secondary N) is 1.